The van der Waals surface area contributed by atoms with Crippen LogP contribution < -0.4 is 0 Å². The van der Waals surface area contributed by atoms with E-state index in [1.807, 2.05) is 6.07 Å². The van der Waals surface area contributed by atoms with E-state index >= 15 is 0 Å². The lowest BCUT2D eigenvalue weighted by Gasteiger charge is -2.07. The molecule has 95 valence electrons. The van der Waals surface area contributed by atoms with Gasteiger partial charge in [0.1, 0.15) is 0 Å². The topological polar surface area (TPSA) is 43.4 Å². The molecule has 3 nitrogen and oxygen atoms in total. The van der Waals surface area contributed by atoms with Gasteiger partial charge in [0.2, 0.25) is 0 Å². The smallest absolute Gasteiger partial charge is 0.338 e. The molecule has 0 aliphatic rings. The van der Waals surface area contributed by atoms with Crippen LogP contribution in [0.1, 0.15) is 33.2 Å². The minimum atomic E-state index is -0.501. The lowest BCUT2D eigenvalue weighted by molar-refractivity contribution is 0.0523. The van der Waals surface area contributed by atoms with Crippen molar-refractivity contribution in [2.45, 2.75) is 6.92 Å². The van der Waals surface area contributed by atoms with E-state index < -0.39 is 5.97 Å². The van der Waals surface area contributed by atoms with Crippen molar-refractivity contribution in [2.75, 3.05) is 6.61 Å². The molecule has 0 spiro atoms. The highest BCUT2D eigenvalue weighted by Crippen LogP contribution is 2.15. The van der Waals surface area contributed by atoms with Gasteiger partial charge in [-0.2, -0.15) is 0 Å². The van der Waals surface area contributed by atoms with E-state index in [0.29, 0.717) is 5.56 Å². The Balaban J connectivity index is 2.40. The molecule has 0 heterocycles. The molecule has 0 atom stereocenters. The number of hydrogen-bond acceptors (Lipinski definition) is 3. The van der Waals surface area contributed by atoms with E-state index in [1.165, 1.54) is 0 Å². The van der Waals surface area contributed by atoms with Crippen LogP contribution in [0.5, 0.6) is 0 Å². The van der Waals surface area contributed by atoms with Gasteiger partial charge in [0.05, 0.1) is 12.2 Å². The van der Waals surface area contributed by atoms with Gasteiger partial charge in [-0.15, -0.1) is 0 Å². The van der Waals surface area contributed by atoms with Crippen LogP contribution in [-0.4, -0.2) is 18.4 Å². The fraction of sp³-hybridized carbons (Fsp3) is 0.125. The van der Waals surface area contributed by atoms with Crippen LogP contribution in [0, 0.1) is 6.07 Å². The zero-order chi connectivity index (χ0) is 13.7. The van der Waals surface area contributed by atoms with E-state index in [1.54, 1.807) is 49.4 Å². The van der Waals surface area contributed by atoms with Crippen LogP contribution in [0.3, 0.4) is 0 Å². The van der Waals surface area contributed by atoms with Crippen LogP contribution >= 0.6 is 0 Å². The fourth-order valence-corrected chi connectivity index (χ4v) is 1.74. The van der Waals surface area contributed by atoms with Gasteiger partial charge in [0.25, 0.3) is 0 Å². The first-order valence-electron chi connectivity index (χ1n) is 6.01. The molecule has 0 bridgehead atoms. The van der Waals surface area contributed by atoms with Crippen molar-refractivity contribution in [3.8, 4) is 0 Å². The molecule has 19 heavy (non-hydrogen) atoms. The number of esters is 1. The molecular formula is C16H13O3. The van der Waals surface area contributed by atoms with E-state index in [-0.39, 0.29) is 23.5 Å². The molecule has 0 aliphatic heterocycles. The summed E-state index contributed by atoms with van der Waals surface area (Å²) in [5, 5.41) is 0. The van der Waals surface area contributed by atoms with Crippen molar-refractivity contribution in [2.24, 2.45) is 0 Å². The minimum absolute atomic E-state index is 0.232. The van der Waals surface area contributed by atoms with Gasteiger partial charge in [-0.05, 0) is 19.1 Å². The summed E-state index contributed by atoms with van der Waals surface area (Å²) in [6.07, 6.45) is 0. The second-order valence-electron chi connectivity index (χ2n) is 3.87. The first-order valence-corrected chi connectivity index (χ1v) is 6.01. The highest BCUT2D eigenvalue weighted by atomic mass is 16.5. The zero-order valence-electron chi connectivity index (χ0n) is 10.6. The predicted molar refractivity (Wildman–Crippen MR) is 71.1 cm³/mol. The third kappa shape index (κ3) is 2.88. The Morgan fingerprint density at radius 2 is 1.84 bits per heavy atom. The Morgan fingerprint density at radius 3 is 2.53 bits per heavy atom. The summed E-state index contributed by atoms with van der Waals surface area (Å²) in [4.78, 5) is 24.1. The van der Waals surface area contributed by atoms with E-state index in [9.17, 15) is 9.59 Å². The Hall–Kier alpha value is -2.42. The highest BCUT2D eigenvalue weighted by molar-refractivity contribution is 6.14. The summed E-state index contributed by atoms with van der Waals surface area (Å²) in [6, 6.07) is 16.5. The predicted octanol–water partition coefficient (Wildman–Crippen LogP) is 2.89. The molecule has 0 aromatic heterocycles. The van der Waals surface area contributed by atoms with Gasteiger partial charge in [0.15, 0.2) is 5.78 Å². The van der Waals surface area contributed by atoms with Gasteiger partial charge in [-0.25, -0.2) is 4.79 Å². The number of ketones is 1. The number of carbonyl (C=O) groups is 2. The molecule has 0 fully saturated rings. The second-order valence-corrected chi connectivity index (χ2v) is 3.87. The fourth-order valence-electron chi connectivity index (χ4n) is 1.74. The summed E-state index contributed by atoms with van der Waals surface area (Å²) in [5.41, 5.74) is 1.01. The van der Waals surface area contributed by atoms with Crippen LogP contribution in [0.25, 0.3) is 0 Å². The molecule has 0 unspecified atom stereocenters. The van der Waals surface area contributed by atoms with E-state index in [2.05, 4.69) is 6.07 Å². The van der Waals surface area contributed by atoms with Gasteiger partial charge in [-0.3, -0.25) is 4.79 Å². The number of rotatable bonds is 4. The maximum absolute atomic E-state index is 12.3. The molecule has 0 amide bonds. The third-order valence-corrected chi connectivity index (χ3v) is 2.61. The minimum Gasteiger partial charge on any atom is -0.462 e. The zero-order valence-corrected chi connectivity index (χ0v) is 10.6. The van der Waals surface area contributed by atoms with Crippen molar-refractivity contribution in [3.63, 3.8) is 0 Å². The summed E-state index contributed by atoms with van der Waals surface area (Å²) >= 11 is 0. The second kappa shape index (κ2) is 5.96. The quantitative estimate of drug-likeness (QED) is 0.621. The molecule has 0 saturated carbocycles. The first kappa shape index (κ1) is 13.0. The summed E-state index contributed by atoms with van der Waals surface area (Å²) in [5.74, 6) is -0.733. The maximum Gasteiger partial charge on any atom is 0.338 e. The Bertz CT molecular complexity index is 588. The average Bonchev–Trinajstić information content (AvgIpc) is 2.47. The standard InChI is InChI=1S/C16H13O3/c1-2-19-16(18)14-11-7-6-10-13(14)15(17)12-8-4-3-5-9-12/h3-9,11H,2H2,1H3. The van der Waals surface area contributed by atoms with Crippen LogP contribution in [0.15, 0.2) is 48.5 Å². The largest absolute Gasteiger partial charge is 0.462 e. The van der Waals surface area contributed by atoms with Crippen molar-refractivity contribution in [1.29, 1.82) is 0 Å². The average molecular weight is 253 g/mol. The summed E-state index contributed by atoms with van der Waals surface area (Å²) in [6.45, 7) is 2.00. The molecule has 2 rings (SSSR count). The van der Waals surface area contributed by atoms with Crippen molar-refractivity contribution in [3.05, 3.63) is 71.3 Å². The Morgan fingerprint density at radius 1 is 1.11 bits per heavy atom. The number of carbonyl (C=O) groups excluding carboxylic acids is 2. The molecular weight excluding hydrogens is 240 g/mol. The number of benzene rings is 2. The highest BCUT2D eigenvalue weighted by Gasteiger charge is 2.18. The molecule has 3 heteroatoms. The molecule has 2 aromatic carbocycles. The van der Waals surface area contributed by atoms with Crippen LogP contribution in [0.2, 0.25) is 0 Å². The van der Waals surface area contributed by atoms with Crippen LogP contribution in [0.4, 0.5) is 0 Å². The number of ether oxygens (including phenoxy) is 1. The summed E-state index contributed by atoms with van der Waals surface area (Å²) < 4.78 is 4.94. The van der Waals surface area contributed by atoms with E-state index in [0.717, 1.165) is 0 Å². The van der Waals surface area contributed by atoms with Gasteiger partial charge < -0.3 is 4.74 Å². The molecule has 1 radical (unpaired) electrons. The Labute approximate surface area is 111 Å². The van der Waals surface area contributed by atoms with Crippen molar-refractivity contribution < 1.29 is 14.3 Å². The first-order chi connectivity index (χ1) is 9.24. The van der Waals surface area contributed by atoms with Crippen molar-refractivity contribution >= 4 is 11.8 Å². The van der Waals surface area contributed by atoms with Gasteiger partial charge in [0, 0.05) is 11.1 Å². The SMILES string of the molecule is CCOC(=O)c1ccc[c]c1C(=O)c1ccccc1. The number of hydrogen-bond donors (Lipinski definition) is 0. The lowest BCUT2D eigenvalue weighted by Crippen LogP contribution is -2.12. The lowest BCUT2D eigenvalue weighted by atomic mass is 9.98. The Kier molecular flexibility index (Phi) is 4.08. The van der Waals surface area contributed by atoms with E-state index in [4.69, 9.17) is 4.74 Å². The van der Waals surface area contributed by atoms with Crippen LogP contribution in [-0.2, 0) is 4.74 Å². The molecule has 2 aromatic rings. The normalized spacial score (nSPS) is 9.95. The van der Waals surface area contributed by atoms with Gasteiger partial charge >= 0.3 is 5.97 Å². The van der Waals surface area contributed by atoms with Gasteiger partial charge in [-0.1, -0.05) is 42.5 Å². The third-order valence-electron chi connectivity index (χ3n) is 2.61. The summed E-state index contributed by atoms with van der Waals surface area (Å²) in [7, 11) is 0. The molecule has 0 N–H and O–H groups in total. The maximum atomic E-state index is 12.3. The molecule has 0 aliphatic carbocycles. The monoisotopic (exact) mass is 253 g/mol. The van der Waals surface area contributed by atoms with Crippen molar-refractivity contribution in [1.82, 2.24) is 0 Å². The molecule has 0 saturated heterocycles.